The second-order valence-electron chi connectivity index (χ2n) is 18.4. The van der Waals surface area contributed by atoms with Gasteiger partial charge in [0.1, 0.15) is 26.2 Å². The van der Waals surface area contributed by atoms with Crippen molar-refractivity contribution in [1.29, 1.82) is 0 Å². The Labute approximate surface area is 361 Å². The van der Waals surface area contributed by atoms with E-state index in [9.17, 15) is 9.59 Å². The van der Waals surface area contributed by atoms with Crippen LogP contribution in [0.2, 0.25) is 0 Å². The van der Waals surface area contributed by atoms with E-state index in [0.29, 0.717) is 7.78 Å². The third-order valence-electron chi connectivity index (χ3n) is 13.3. The highest BCUT2D eigenvalue weighted by Gasteiger charge is 2.61. The Morgan fingerprint density at radius 3 is 1.20 bits per heavy atom. The van der Waals surface area contributed by atoms with Gasteiger partial charge in [-0.3, -0.25) is 0 Å². The van der Waals surface area contributed by atoms with Gasteiger partial charge in [-0.1, -0.05) is 24.3 Å². The highest BCUT2D eigenvalue weighted by Crippen LogP contribution is 2.53. The molecule has 10 rings (SSSR count). The molecule has 0 atom stereocenters. The van der Waals surface area contributed by atoms with Crippen molar-refractivity contribution in [3.63, 3.8) is 0 Å². The Kier molecular flexibility index (Phi) is 8.84. The summed E-state index contributed by atoms with van der Waals surface area (Å²) >= 11 is 0. The molecule has 8 nitrogen and oxygen atoms in total. The fourth-order valence-corrected chi connectivity index (χ4v) is 12.2. The number of carbonyl (C=O) groups excluding carboxylic acids is 2. The fourth-order valence-electron chi connectivity index (χ4n) is 9.08. The molecule has 4 aliphatic heterocycles. The molecule has 10 heteroatoms. The van der Waals surface area contributed by atoms with Crippen LogP contribution in [0.3, 0.4) is 0 Å². The molecule has 0 aliphatic carbocycles. The maximum Gasteiger partial charge on any atom is 0.358 e. The highest BCUT2D eigenvalue weighted by molar-refractivity contribution is 8.72. The van der Waals surface area contributed by atoms with Crippen molar-refractivity contribution in [2.24, 2.45) is 0 Å². The molecule has 0 unspecified atom stereocenters. The van der Waals surface area contributed by atoms with Gasteiger partial charge in [0.25, 0.3) is 0 Å². The summed E-state index contributed by atoms with van der Waals surface area (Å²) in [6.45, 7) is 12.1. The van der Waals surface area contributed by atoms with Gasteiger partial charge in [-0.05, 0) is 98.5 Å². The molecule has 2 fully saturated rings. The number of rotatable bonds is 9. The van der Waals surface area contributed by atoms with Gasteiger partial charge in [0.2, 0.25) is 33.3 Å². The molecule has 6 heterocycles. The molecule has 0 saturated carbocycles. The summed E-state index contributed by atoms with van der Waals surface area (Å²) in [6, 6.07) is 38.8. The van der Waals surface area contributed by atoms with Crippen molar-refractivity contribution in [2.75, 3.05) is 64.2 Å². The van der Waals surface area contributed by atoms with E-state index in [1.165, 1.54) is 45.0 Å². The van der Waals surface area contributed by atoms with Crippen LogP contribution in [0, 0.1) is 0 Å². The van der Waals surface area contributed by atoms with Crippen molar-refractivity contribution >= 4 is 45.1 Å². The Hall–Kier alpha value is -5.26. The van der Waals surface area contributed by atoms with E-state index in [1.54, 1.807) is 22.0 Å². The van der Waals surface area contributed by atoms with Gasteiger partial charge in [-0.2, -0.15) is 16.9 Å². The number of hydrogen-bond donors (Lipinski definition) is 0. The van der Waals surface area contributed by atoms with Crippen LogP contribution in [0.5, 0.6) is 0 Å². The third kappa shape index (κ3) is 6.13. The zero-order chi connectivity index (χ0) is 41.9. The smallest absolute Gasteiger partial charge is 0.358 e. The van der Waals surface area contributed by atoms with Gasteiger partial charge >= 0.3 is 11.8 Å². The third-order valence-corrected chi connectivity index (χ3v) is 16.9. The first-order valence-corrected chi connectivity index (χ1v) is 22.9. The largest absolute Gasteiger partial charge is 0.378 e. The zero-order valence-corrected chi connectivity index (χ0v) is 37.3. The molecular formula is C50H52N6O2S2+4. The average molecular weight is 833 g/mol. The lowest BCUT2D eigenvalue weighted by Gasteiger charge is -2.18. The molecule has 6 aromatic rings. The molecule has 2 amide bonds. The highest BCUT2D eigenvalue weighted by atomic mass is 33.1. The van der Waals surface area contributed by atoms with Crippen molar-refractivity contribution < 1.29 is 26.5 Å². The van der Waals surface area contributed by atoms with Crippen LogP contribution in [-0.4, -0.2) is 74.0 Å². The first kappa shape index (κ1) is 38.9. The summed E-state index contributed by atoms with van der Waals surface area (Å²) < 4.78 is 5.14. The van der Waals surface area contributed by atoms with Crippen LogP contribution in [0.15, 0.2) is 122 Å². The quantitative estimate of drug-likeness (QED) is 0.0478. The lowest BCUT2D eigenvalue weighted by atomic mass is 9.82. The lowest BCUT2D eigenvalue weighted by Crippen LogP contribution is -2.34. The van der Waals surface area contributed by atoms with Crippen LogP contribution < -0.4 is 18.9 Å². The number of fused-ring (bicyclic) bond motifs is 6. The zero-order valence-electron chi connectivity index (χ0n) is 35.7. The van der Waals surface area contributed by atoms with E-state index in [0.717, 1.165) is 59.8 Å². The summed E-state index contributed by atoms with van der Waals surface area (Å²) in [5, 5.41) is 0. The minimum Gasteiger partial charge on any atom is -0.378 e. The van der Waals surface area contributed by atoms with E-state index < -0.39 is 0 Å². The van der Waals surface area contributed by atoms with Gasteiger partial charge in [0.15, 0.2) is 23.8 Å². The van der Waals surface area contributed by atoms with Crippen molar-refractivity contribution in [3.8, 4) is 33.6 Å². The molecule has 0 bridgehead atoms. The summed E-state index contributed by atoms with van der Waals surface area (Å²) in [7, 11) is 11.4. The summed E-state index contributed by atoms with van der Waals surface area (Å²) in [6.07, 6.45) is 4.33. The molecule has 302 valence electrons. The molecule has 4 aromatic carbocycles. The number of hydrogen-bond acceptors (Lipinski definition) is 6. The number of amides is 2. The first-order chi connectivity index (χ1) is 28.6. The summed E-state index contributed by atoms with van der Waals surface area (Å²) in [4.78, 5) is 33.0. The van der Waals surface area contributed by atoms with Gasteiger partial charge in [-0.25, -0.2) is 9.59 Å². The van der Waals surface area contributed by atoms with E-state index in [1.807, 2.05) is 12.1 Å². The number of nitrogens with zero attached hydrogens (tertiary/aromatic N) is 6. The Morgan fingerprint density at radius 1 is 0.500 bits per heavy atom. The van der Waals surface area contributed by atoms with Crippen LogP contribution in [0.25, 0.3) is 33.6 Å². The monoisotopic (exact) mass is 832 g/mol. The van der Waals surface area contributed by atoms with Gasteiger partial charge in [-0.15, -0.1) is 0 Å². The molecule has 2 aromatic heterocycles. The van der Waals surface area contributed by atoms with Gasteiger partial charge < -0.3 is 9.80 Å². The van der Waals surface area contributed by atoms with Crippen molar-refractivity contribution in [3.05, 3.63) is 155 Å². The Balaban J connectivity index is 0.849. The molecule has 0 N–H and O–H groups in total. The first-order valence-electron chi connectivity index (χ1n) is 20.8. The SMILES string of the molecule is CN(C)c1ccc(-c2cc[n+]3c(c2)C(C)(C)c2cc(C(=O)[N+]4(SS[N+]5(C(=O)c6ccc7c(c6)C(C)(C)c6cc(-c8ccc(N(C)C)cc8)cc[n+]6-7)CC5)CC4)ccc2-3)cc1. The fraction of sp³-hybridized carbons (Fsp3) is 0.280. The number of aromatic nitrogens is 2. The Morgan fingerprint density at radius 2 is 0.867 bits per heavy atom. The predicted molar refractivity (Wildman–Crippen MR) is 244 cm³/mol. The van der Waals surface area contributed by atoms with Gasteiger partial charge in [0.05, 0.1) is 22.0 Å². The number of quaternary nitrogens is 2. The van der Waals surface area contributed by atoms with Crippen LogP contribution in [-0.2, 0) is 10.8 Å². The van der Waals surface area contributed by atoms with Gasteiger partial charge in [0, 0.05) is 87.1 Å². The molecule has 0 radical (unpaired) electrons. The average Bonchev–Trinajstić information content (AvgIpc) is 4.19. The van der Waals surface area contributed by atoms with E-state index in [4.69, 9.17) is 0 Å². The number of anilines is 2. The normalized spacial score (nSPS) is 17.5. The minimum atomic E-state index is -0.289. The van der Waals surface area contributed by atoms with Crippen LogP contribution in [0.4, 0.5) is 11.4 Å². The van der Waals surface area contributed by atoms with E-state index in [-0.39, 0.29) is 22.6 Å². The van der Waals surface area contributed by atoms with E-state index >= 15 is 0 Å². The maximum absolute atomic E-state index is 14.4. The molecule has 2 saturated heterocycles. The molecule has 60 heavy (non-hydrogen) atoms. The van der Waals surface area contributed by atoms with Crippen LogP contribution >= 0.6 is 22.0 Å². The predicted octanol–water partition coefficient (Wildman–Crippen LogP) is 8.84. The topological polar surface area (TPSA) is 48.4 Å². The molecular weight excluding hydrogens is 781 g/mol. The van der Waals surface area contributed by atoms with Crippen molar-refractivity contribution in [2.45, 2.75) is 38.5 Å². The number of pyridine rings is 2. The molecule has 4 aliphatic rings. The van der Waals surface area contributed by atoms with Crippen molar-refractivity contribution in [1.82, 2.24) is 0 Å². The lowest BCUT2D eigenvalue weighted by molar-refractivity contribution is -0.600. The number of benzene rings is 4. The number of carbonyl (C=O) groups is 2. The molecule has 0 spiro atoms. The second-order valence-corrected chi connectivity index (χ2v) is 21.0. The van der Waals surface area contributed by atoms with Crippen LogP contribution in [0.1, 0.15) is 70.9 Å². The summed E-state index contributed by atoms with van der Waals surface area (Å²) in [5.41, 5.74) is 14.9. The maximum atomic E-state index is 14.4. The summed E-state index contributed by atoms with van der Waals surface area (Å²) in [5.74, 6) is 0.228. The standard InChI is InChI=1S/C50H52N6O2S2/c1-49(2)41-29-37(13-19-43(41)53-23-21-35(31-45(49)53)33-9-15-39(16-10-33)51(5)6)47(57)55(25-26-55)59-60-56(27-28-56)48(58)38-14-20-44-42(30-38)50(3,4)46-32-36(22-24-54(44)46)34-11-17-40(18-12-34)52(7)8/h9-24,29-32H,25-28H2,1-8H3/q+4. The Bertz CT molecular complexity index is 2580. The minimum absolute atomic E-state index is 0.114. The van der Waals surface area contributed by atoms with E-state index in [2.05, 4.69) is 184 Å². The second kappa shape index (κ2) is 13.6.